The van der Waals surface area contributed by atoms with E-state index >= 15 is 0 Å². The molecule has 0 aliphatic carbocycles. The van der Waals surface area contributed by atoms with Crippen molar-refractivity contribution in [2.45, 2.75) is 13.8 Å². The summed E-state index contributed by atoms with van der Waals surface area (Å²) in [5.74, 6) is 0.0452. The van der Waals surface area contributed by atoms with Gasteiger partial charge in [0.1, 0.15) is 5.52 Å². The number of anilines is 1. The predicted octanol–water partition coefficient (Wildman–Crippen LogP) is 5.04. The van der Waals surface area contributed by atoms with Crippen LogP contribution < -0.4 is 10.1 Å². The molecule has 8 nitrogen and oxygen atoms in total. The zero-order chi connectivity index (χ0) is 22.0. The standard InChI is InChI=1S/C23H19N3O5/c1-14-10-15(2)22-18(11-14)25-23(31-22)16-6-5-7-17(12-16)24-21(27)13-30-20-9-4-3-8-19(20)26(28)29/h3-12H,13H2,1-2H3,(H,24,27). The summed E-state index contributed by atoms with van der Waals surface area (Å²) >= 11 is 0. The van der Waals surface area contributed by atoms with E-state index in [1.54, 1.807) is 24.3 Å². The van der Waals surface area contributed by atoms with E-state index in [1.807, 2.05) is 32.0 Å². The molecule has 0 aliphatic rings. The van der Waals surface area contributed by atoms with E-state index in [-0.39, 0.29) is 18.0 Å². The van der Waals surface area contributed by atoms with Crippen LogP contribution in [0.3, 0.4) is 0 Å². The van der Waals surface area contributed by atoms with Crippen LogP contribution in [0.4, 0.5) is 11.4 Å². The SMILES string of the molecule is Cc1cc(C)c2oc(-c3cccc(NC(=O)COc4ccccc4[N+](=O)[O-])c3)nc2c1. The third-order valence-electron chi connectivity index (χ3n) is 4.63. The van der Waals surface area contributed by atoms with Gasteiger partial charge in [0.25, 0.3) is 5.91 Å². The summed E-state index contributed by atoms with van der Waals surface area (Å²) < 4.78 is 11.3. The summed E-state index contributed by atoms with van der Waals surface area (Å²) in [7, 11) is 0. The van der Waals surface area contributed by atoms with Crippen molar-refractivity contribution >= 4 is 28.4 Å². The van der Waals surface area contributed by atoms with Crippen LogP contribution in [-0.2, 0) is 4.79 Å². The maximum Gasteiger partial charge on any atom is 0.310 e. The van der Waals surface area contributed by atoms with E-state index in [0.717, 1.165) is 22.2 Å². The molecule has 0 unspecified atom stereocenters. The van der Waals surface area contributed by atoms with E-state index in [0.29, 0.717) is 17.1 Å². The topological polar surface area (TPSA) is 108 Å². The number of benzene rings is 3. The zero-order valence-corrected chi connectivity index (χ0v) is 16.9. The van der Waals surface area contributed by atoms with Gasteiger partial charge in [-0.3, -0.25) is 14.9 Å². The lowest BCUT2D eigenvalue weighted by atomic mass is 10.1. The molecule has 0 fully saturated rings. The number of ether oxygens (including phenoxy) is 1. The molecule has 31 heavy (non-hydrogen) atoms. The van der Waals surface area contributed by atoms with Crippen molar-refractivity contribution in [2.24, 2.45) is 0 Å². The first-order chi connectivity index (χ1) is 14.9. The molecule has 1 N–H and O–H groups in total. The smallest absolute Gasteiger partial charge is 0.310 e. The van der Waals surface area contributed by atoms with Crippen LogP contribution in [0.2, 0.25) is 0 Å². The first-order valence-corrected chi connectivity index (χ1v) is 9.55. The number of para-hydroxylation sites is 2. The minimum Gasteiger partial charge on any atom is -0.477 e. The summed E-state index contributed by atoms with van der Waals surface area (Å²) in [4.78, 5) is 27.3. The maximum atomic E-state index is 12.3. The molecule has 8 heteroatoms. The van der Waals surface area contributed by atoms with Crippen LogP contribution in [0.5, 0.6) is 5.75 Å². The third-order valence-corrected chi connectivity index (χ3v) is 4.63. The predicted molar refractivity (Wildman–Crippen MR) is 116 cm³/mol. The molecule has 0 atom stereocenters. The van der Waals surface area contributed by atoms with E-state index < -0.39 is 10.8 Å². The largest absolute Gasteiger partial charge is 0.477 e. The van der Waals surface area contributed by atoms with Crippen LogP contribution in [0, 0.1) is 24.0 Å². The van der Waals surface area contributed by atoms with Gasteiger partial charge in [0.15, 0.2) is 17.9 Å². The molecule has 0 spiro atoms. The number of nitrogens with zero attached hydrogens (tertiary/aromatic N) is 2. The zero-order valence-electron chi connectivity index (χ0n) is 16.9. The van der Waals surface area contributed by atoms with Gasteiger partial charge in [0.2, 0.25) is 5.89 Å². The average Bonchev–Trinajstić information content (AvgIpc) is 3.17. The van der Waals surface area contributed by atoms with Crippen molar-refractivity contribution in [3.63, 3.8) is 0 Å². The highest BCUT2D eigenvalue weighted by molar-refractivity contribution is 5.92. The number of aromatic nitrogens is 1. The van der Waals surface area contributed by atoms with Crippen molar-refractivity contribution in [3.8, 4) is 17.2 Å². The fourth-order valence-corrected chi connectivity index (χ4v) is 3.30. The molecule has 0 bridgehead atoms. The summed E-state index contributed by atoms with van der Waals surface area (Å²) in [6, 6.07) is 17.0. The van der Waals surface area contributed by atoms with Gasteiger partial charge in [-0.05, 0) is 55.3 Å². The lowest BCUT2D eigenvalue weighted by Gasteiger charge is -2.08. The quantitative estimate of drug-likeness (QED) is 0.348. The summed E-state index contributed by atoms with van der Waals surface area (Å²) in [5.41, 5.74) is 4.66. The lowest BCUT2D eigenvalue weighted by molar-refractivity contribution is -0.385. The first-order valence-electron chi connectivity index (χ1n) is 9.55. The number of nitrogens with one attached hydrogen (secondary N) is 1. The molecule has 0 radical (unpaired) electrons. The van der Waals surface area contributed by atoms with Gasteiger partial charge in [0, 0.05) is 17.3 Å². The number of amides is 1. The average molecular weight is 417 g/mol. The molecular weight excluding hydrogens is 398 g/mol. The molecule has 1 amide bonds. The number of rotatable bonds is 6. The monoisotopic (exact) mass is 417 g/mol. The third kappa shape index (κ3) is 4.37. The number of carbonyl (C=O) groups excluding carboxylic acids is 1. The van der Waals surface area contributed by atoms with Crippen LogP contribution in [-0.4, -0.2) is 22.4 Å². The van der Waals surface area contributed by atoms with E-state index in [2.05, 4.69) is 10.3 Å². The Bertz CT molecular complexity index is 1300. The van der Waals surface area contributed by atoms with Crippen molar-refractivity contribution in [1.29, 1.82) is 0 Å². The molecule has 0 saturated carbocycles. The Kier molecular flexibility index (Phi) is 5.36. The minimum absolute atomic E-state index is 0.0357. The Morgan fingerprint density at radius 1 is 1.13 bits per heavy atom. The van der Waals surface area contributed by atoms with Gasteiger partial charge in [-0.25, -0.2) is 4.98 Å². The van der Waals surface area contributed by atoms with Gasteiger partial charge < -0.3 is 14.5 Å². The second-order valence-electron chi connectivity index (χ2n) is 7.09. The van der Waals surface area contributed by atoms with Gasteiger partial charge in [-0.15, -0.1) is 0 Å². The number of oxazole rings is 1. The fraction of sp³-hybridized carbons (Fsp3) is 0.130. The van der Waals surface area contributed by atoms with Crippen LogP contribution >= 0.6 is 0 Å². The Morgan fingerprint density at radius 3 is 2.74 bits per heavy atom. The molecule has 4 rings (SSSR count). The van der Waals surface area contributed by atoms with Crippen molar-refractivity contribution in [3.05, 3.63) is 81.9 Å². The number of hydrogen-bond donors (Lipinski definition) is 1. The Labute approximate surface area is 177 Å². The lowest BCUT2D eigenvalue weighted by Crippen LogP contribution is -2.20. The molecule has 1 heterocycles. The second-order valence-corrected chi connectivity index (χ2v) is 7.09. The van der Waals surface area contributed by atoms with E-state index in [9.17, 15) is 14.9 Å². The molecule has 1 aromatic heterocycles. The van der Waals surface area contributed by atoms with E-state index in [4.69, 9.17) is 9.15 Å². The Morgan fingerprint density at radius 2 is 1.94 bits per heavy atom. The van der Waals surface area contributed by atoms with Gasteiger partial charge >= 0.3 is 5.69 Å². The number of hydrogen-bond acceptors (Lipinski definition) is 6. The Balaban J connectivity index is 1.48. The molecule has 156 valence electrons. The highest BCUT2D eigenvalue weighted by atomic mass is 16.6. The summed E-state index contributed by atoms with van der Waals surface area (Å²) in [5, 5.41) is 13.8. The number of carbonyl (C=O) groups is 1. The number of aryl methyl sites for hydroxylation is 2. The second kappa shape index (κ2) is 8.27. The number of nitro benzene ring substituents is 1. The highest BCUT2D eigenvalue weighted by Gasteiger charge is 2.16. The summed E-state index contributed by atoms with van der Waals surface area (Å²) in [6.07, 6.45) is 0. The molecule has 0 aliphatic heterocycles. The van der Waals surface area contributed by atoms with Crippen LogP contribution in [0.25, 0.3) is 22.6 Å². The summed E-state index contributed by atoms with van der Waals surface area (Å²) in [6.45, 7) is 3.61. The Hall–Kier alpha value is -4.20. The van der Waals surface area contributed by atoms with Gasteiger partial charge in [-0.2, -0.15) is 0 Å². The molecule has 0 saturated heterocycles. The normalized spacial score (nSPS) is 10.8. The minimum atomic E-state index is -0.555. The molecule has 3 aromatic carbocycles. The number of nitro groups is 1. The van der Waals surface area contributed by atoms with Crippen LogP contribution in [0.1, 0.15) is 11.1 Å². The molecule has 4 aromatic rings. The van der Waals surface area contributed by atoms with E-state index in [1.165, 1.54) is 18.2 Å². The van der Waals surface area contributed by atoms with Crippen molar-refractivity contribution in [2.75, 3.05) is 11.9 Å². The first kappa shape index (κ1) is 20.1. The number of fused-ring (bicyclic) bond motifs is 1. The van der Waals surface area contributed by atoms with Crippen LogP contribution in [0.15, 0.2) is 65.1 Å². The molecular formula is C23H19N3O5. The highest BCUT2D eigenvalue weighted by Crippen LogP contribution is 2.29. The van der Waals surface area contributed by atoms with Gasteiger partial charge in [-0.1, -0.05) is 24.3 Å². The van der Waals surface area contributed by atoms with Crippen molar-refractivity contribution < 1.29 is 18.9 Å². The van der Waals surface area contributed by atoms with Crippen molar-refractivity contribution in [1.82, 2.24) is 4.98 Å². The maximum absolute atomic E-state index is 12.3. The fourth-order valence-electron chi connectivity index (χ4n) is 3.30. The van der Waals surface area contributed by atoms with Gasteiger partial charge in [0.05, 0.1) is 4.92 Å².